The zero-order valence-corrected chi connectivity index (χ0v) is 16.3. The second kappa shape index (κ2) is 8.31. The van der Waals surface area contributed by atoms with Gasteiger partial charge in [0.1, 0.15) is 15.6 Å². The number of carboxylic acid groups (broad SMARTS) is 1. The summed E-state index contributed by atoms with van der Waals surface area (Å²) in [6.45, 7) is 7.92. The molecule has 1 amide bonds. The van der Waals surface area contributed by atoms with Gasteiger partial charge in [-0.15, -0.1) is 11.3 Å². The van der Waals surface area contributed by atoms with E-state index in [1.807, 2.05) is 31.2 Å². The smallest absolute Gasteiger partial charge is 0.309 e. The summed E-state index contributed by atoms with van der Waals surface area (Å²) < 4.78 is 5.43. The highest BCUT2D eigenvalue weighted by molar-refractivity contribution is 7.17. The fraction of sp³-hybridized carbons (Fsp3) is 0.421. The summed E-state index contributed by atoms with van der Waals surface area (Å²) in [6.07, 6.45) is 0.359. The van der Waals surface area contributed by atoms with Crippen LogP contribution in [0.1, 0.15) is 42.6 Å². The third-order valence-electron chi connectivity index (χ3n) is 4.03. The molecule has 0 saturated heterocycles. The lowest BCUT2D eigenvalue weighted by atomic mass is 9.90. The summed E-state index contributed by atoms with van der Waals surface area (Å²) in [5, 5.41) is 12.7. The molecule has 0 bridgehead atoms. The molecule has 1 aromatic carbocycles. The van der Waals surface area contributed by atoms with E-state index < -0.39 is 11.4 Å². The number of rotatable bonds is 8. The molecule has 0 atom stereocenters. The van der Waals surface area contributed by atoms with Crippen molar-refractivity contribution in [2.45, 2.75) is 34.1 Å². The SMILES string of the molecule is CCOc1ccc(-c2nc(C)c(C(=O)NCCC(C)(C)C(=O)O)s2)cc1. The molecule has 140 valence electrons. The molecule has 2 rings (SSSR count). The highest BCUT2D eigenvalue weighted by Gasteiger charge is 2.27. The average Bonchev–Trinajstić information content (AvgIpc) is 2.97. The molecule has 26 heavy (non-hydrogen) atoms. The van der Waals surface area contributed by atoms with Crippen LogP contribution >= 0.6 is 11.3 Å². The quantitative estimate of drug-likeness (QED) is 0.732. The number of aliphatic carboxylic acids is 1. The number of aromatic nitrogens is 1. The van der Waals surface area contributed by atoms with Crippen LogP contribution < -0.4 is 10.1 Å². The van der Waals surface area contributed by atoms with Crippen molar-refractivity contribution in [2.24, 2.45) is 5.41 Å². The van der Waals surface area contributed by atoms with Crippen LogP contribution in [0.25, 0.3) is 10.6 Å². The molecule has 0 unspecified atom stereocenters. The van der Waals surface area contributed by atoms with Crippen molar-refractivity contribution in [3.63, 3.8) is 0 Å². The lowest BCUT2D eigenvalue weighted by Gasteiger charge is -2.18. The summed E-state index contributed by atoms with van der Waals surface area (Å²) in [7, 11) is 0. The molecule has 1 aromatic heterocycles. The topological polar surface area (TPSA) is 88.5 Å². The van der Waals surface area contributed by atoms with E-state index in [9.17, 15) is 9.59 Å². The second-order valence-electron chi connectivity index (χ2n) is 6.59. The van der Waals surface area contributed by atoms with Crippen molar-refractivity contribution >= 4 is 23.2 Å². The Balaban J connectivity index is 2.04. The van der Waals surface area contributed by atoms with Crippen LogP contribution in [-0.2, 0) is 4.79 Å². The van der Waals surface area contributed by atoms with Gasteiger partial charge in [0.25, 0.3) is 5.91 Å². The molecule has 0 radical (unpaired) electrons. The van der Waals surface area contributed by atoms with Crippen molar-refractivity contribution in [1.29, 1.82) is 0 Å². The van der Waals surface area contributed by atoms with E-state index in [1.165, 1.54) is 11.3 Å². The molecule has 1 heterocycles. The average molecular weight is 376 g/mol. The highest BCUT2D eigenvalue weighted by Crippen LogP contribution is 2.29. The third-order valence-corrected chi connectivity index (χ3v) is 5.23. The Morgan fingerprint density at radius 2 is 1.92 bits per heavy atom. The molecule has 2 aromatic rings. The second-order valence-corrected chi connectivity index (χ2v) is 7.58. The number of hydrogen-bond acceptors (Lipinski definition) is 5. The van der Waals surface area contributed by atoms with Gasteiger partial charge in [-0.05, 0) is 58.4 Å². The largest absolute Gasteiger partial charge is 0.494 e. The Morgan fingerprint density at radius 3 is 2.50 bits per heavy atom. The predicted molar refractivity (Wildman–Crippen MR) is 102 cm³/mol. The molecule has 0 aliphatic carbocycles. The van der Waals surface area contributed by atoms with E-state index >= 15 is 0 Å². The maximum Gasteiger partial charge on any atom is 0.309 e. The van der Waals surface area contributed by atoms with Crippen molar-refractivity contribution < 1.29 is 19.4 Å². The first kappa shape index (κ1) is 19.9. The third kappa shape index (κ3) is 4.82. The Labute approximate surface area is 157 Å². The number of ether oxygens (including phenoxy) is 1. The molecular weight excluding hydrogens is 352 g/mol. The van der Waals surface area contributed by atoms with Crippen LogP contribution in [0.4, 0.5) is 0 Å². The Hall–Kier alpha value is -2.41. The Bertz CT molecular complexity index is 781. The number of carboxylic acids is 1. The first-order chi connectivity index (χ1) is 12.2. The fourth-order valence-electron chi connectivity index (χ4n) is 2.27. The van der Waals surface area contributed by atoms with E-state index in [1.54, 1.807) is 20.8 Å². The van der Waals surface area contributed by atoms with Gasteiger partial charge < -0.3 is 15.2 Å². The summed E-state index contributed by atoms with van der Waals surface area (Å²) >= 11 is 1.32. The molecule has 0 saturated carbocycles. The number of aryl methyl sites for hydroxylation is 1. The molecule has 6 nitrogen and oxygen atoms in total. The van der Waals surface area contributed by atoms with Gasteiger partial charge in [0.15, 0.2) is 0 Å². The number of carbonyl (C=O) groups is 2. The zero-order valence-electron chi connectivity index (χ0n) is 15.5. The maximum atomic E-state index is 12.4. The minimum absolute atomic E-state index is 0.224. The zero-order chi connectivity index (χ0) is 19.3. The Morgan fingerprint density at radius 1 is 1.27 bits per heavy atom. The van der Waals surface area contributed by atoms with Gasteiger partial charge in [0.05, 0.1) is 17.7 Å². The first-order valence-corrected chi connectivity index (χ1v) is 9.28. The van der Waals surface area contributed by atoms with Crippen molar-refractivity contribution in [3.8, 4) is 16.3 Å². The molecule has 7 heteroatoms. The summed E-state index contributed by atoms with van der Waals surface area (Å²) in [6, 6.07) is 7.59. The lowest BCUT2D eigenvalue weighted by molar-refractivity contribution is -0.147. The number of nitrogens with one attached hydrogen (secondary N) is 1. The van der Waals surface area contributed by atoms with Gasteiger partial charge in [-0.3, -0.25) is 9.59 Å². The molecule has 0 spiro atoms. The predicted octanol–water partition coefficient (Wildman–Crippen LogP) is 3.75. The van der Waals surface area contributed by atoms with E-state index in [2.05, 4.69) is 10.3 Å². The number of benzene rings is 1. The minimum atomic E-state index is -0.876. The number of carbonyl (C=O) groups excluding carboxylic acids is 1. The number of amides is 1. The van der Waals surface area contributed by atoms with E-state index in [-0.39, 0.29) is 5.91 Å². The molecular formula is C19H24N2O4S. The molecule has 0 aliphatic rings. The normalized spacial score (nSPS) is 11.2. The fourth-order valence-corrected chi connectivity index (χ4v) is 3.25. The van der Waals surface area contributed by atoms with Crippen LogP contribution in [0.15, 0.2) is 24.3 Å². The summed E-state index contributed by atoms with van der Waals surface area (Å²) in [5.41, 5.74) is 0.713. The first-order valence-electron chi connectivity index (χ1n) is 8.47. The van der Waals surface area contributed by atoms with Crippen LogP contribution in [0.5, 0.6) is 5.75 Å². The van der Waals surface area contributed by atoms with Crippen molar-refractivity contribution in [2.75, 3.05) is 13.2 Å². The lowest BCUT2D eigenvalue weighted by Crippen LogP contribution is -2.31. The number of nitrogens with zero attached hydrogens (tertiary/aromatic N) is 1. The van der Waals surface area contributed by atoms with Crippen molar-refractivity contribution in [1.82, 2.24) is 10.3 Å². The van der Waals surface area contributed by atoms with Crippen LogP contribution in [0.2, 0.25) is 0 Å². The number of hydrogen-bond donors (Lipinski definition) is 2. The van der Waals surface area contributed by atoms with E-state index in [0.29, 0.717) is 30.1 Å². The van der Waals surface area contributed by atoms with Crippen LogP contribution in [0.3, 0.4) is 0 Å². The molecule has 0 aliphatic heterocycles. The highest BCUT2D eigenvalue weighted by atomic mass is 32.1. The maximum absolute atomic E-state index is 12.4. The summed E-state index contributed by atoms with van der Waals surface area (Å²) in [5.74, 6) is -0.305. The van der Waals surface area contributed by atoms with Crippen LogP contribution in [-0.4, -0.2) is 35.1 Å². The van der Waals surface area contributed by atoms with Gasteiger partial charge in [0.2, 0.25) is 0 Å². The van der Waals surface area contributed by atoms with Gasteiger partial charge in [0, 0.05) is 12.1 Å². The number of thiazole rings is 1. The van der Waals surface area contributed by atoms with Gasteiger partial charge in [-0.25, -0.2) is 4.98 Å². The molecule has 2 N–H and O–H groups in total. The minimum Gasteiger partial charge on any atom is -0.494 e. The van der Waals surface area contributed by atoms with Crippen molar-refractivity contribution in [3.05, 3.63) is 34.8 Å². The summed E-state index contributed by atoms with van der Waals surface area (Å²) in [4.78, 5) is 28.5. The van der Waals surface area contributed by atoms with E-state index in [0.717, 1.165) is 16.3 Å². The van der Waals surface area contributed by atoms with Gasteiger partial charge >= 0.3 is 5.97 Å². The van der Waals surface area contributed by atoms with Gasteiger partial charge in [-0.2, -0.15) is 0 Å². The van der Waals surface area contributed by atoms with E-state index in [4.69, 9.17) is 9.84 Å². The molecule has 0 fully saturated rings. The van der Waals surface area contributed by atoms with Crippen LogP contribution in [0, 0.1) is 12.3 Å². The Kier molecular flexibility index (Phi) is 6.37. The van der Waals surface area contributed by atoms with Gasteiger partial charge in [-0.1, -0.05) is 0 Å². The standard InChI is InChI=1S/C19H24N2O4S/c1-5-25-14-8-6-13(7-9-14)17-21-12(2)15(26-17)16(22)20-11-10-19(3,4)18(23)24/h6-9H,5,10-11H2,1-4H3,(H,20,22)(H,23,24). The monoisotopic (exact) mass is 376 g/mol.